The third-order valence-corrected chi connectivity index (χ3v) is 6.32. The second-order valence-electron chi connectivity index (χ2n) is 8.29. The van der Waals surface area contributed by atoms with Crippen molar-refractivity contribution in [1.82, 2.24) is 14.9 Å². The van der Waals surface area contributed by atoms with Crippen molar-refractivity contribution in [3.63, 3.8) is 0 Å². The van der Waals surface area contributed by atoms with E-state index in [-0.39, 0.29) is 11.4 Å². The highest BCUT2D eigenvalue weighted by Crippen LogP contribution is 2.41. The SMILES string of the molecule is Cc1ccc(CN2C(=O)CC[C@]23CCCN(c2cc(C(F)(F)F)ncn2)CC3)cc1. The van der Waals surface area contributed by atoms with Crippen LogP contribution in [0.1, 0.15) is 48.9 Å². The van der Waals surface area contributed by atoms with E-state index in [1.165, 1.54) is 5.56 Å². The van der Waals surface area contributed by atoms with Crippen LogP contribution in [0.25, 0.3) is 0 Å². The molecule has 8 heteroatoms. The van der Waals surface area contributed by atoms with Crippen LogP contribution in [0.4, 0.5) is 19.0 Å². The maximum Gasteiger partial charge on any atom is 0.433 e. The number of likely N-dealkylation sites (tertiary alicyclic amines) is 1. The molecule has 1 atom stereocenters. The Kier molecular flexibility index (Phi) is 5.42. The van der Waals surface area contributed by atoms with Gasteiger partial charge in [0.05, 0.1) is 0 Å². The fourth-order valence-corrected chi connectivity index (χ4v) is 4.61. The molecule has 5 nitrogen and oxygen atoms in total. The summed E-state index contributed by atoms with van der Waals surface area (Å²) < 4.78 is 39.1. The molecule has 1 amide bonds. The molecule has 0 saturated carbocycles. The lowest BCUT2D eigenvalue weighted by Crippen LogP contribution is -2.46. The molecule has 4 rings (SSSR count). The minimum absolute atomic E-state index is 0.158. The number of alkyl halides is 3. The van der Waals surface area contributed by atoms with Gasteiger partial charge in [0.15, 0.2) is 0 Å². The number of hydrogen-bond donors (Lipinski definition) is 0. The molecular weight excluding hydrogens is 393 g/mol. The summed E-state index contributed by atoms with van der Waals surface area (Å²) in [5.41, 5.74) is 1.11. The Bertz CT molecular complexity index is 915. The van der Waals surface area contributed by atoms with Crippen LogP contribution in [-0.2, 0) is 17.5 Å². The van der Waals surface area contributed by atoms with Crippen LogP contribution in [0.5, 0.6) is 0 Å². The zero-order valence-electron chi connectivity index (χ0n) is 17.0. The fraction of sp³-hybridized carbons (Fsp3) is 0.500. The van der Waals surface area contributed by atoms with Crippen LogP contribution in [0.3, 0.4) is 0 Å². The summed E-state index contributed by atoms with van der Waals surface area (Å²) >= 11 is 0. The summed E-state index contributed by atoms with van der Waals surface area (Å²) in [6, 6.07) is 9.21. The van der Waals surface area contributed by atoms with Gasteiger partial charge in [-0.15, -0.1) is 0 Å². The van der Waals surface area contributed by atoms with E-state index in [4.69, 9.17) is 0 Å². The van der Waals surface area contributed by atoms with Crippen molar-refractivity contribution in [1.29, 1.82) is 0 Å². The van der Waals surface area contributed by atoms with Crippen LogP contribution < -0.4 is 4.90 Å². The minimum atomic E-state index is -4.49. The first kappa shape index (κ1) is 20.6. The molecule has 3 heterocycles. The molecule has 0 aliphatic carbocycles. The van der Waals surface area contributed by atoms with Crippen LogP contribution in [0, 0.1) is 6.92 Å². The molecule has 0 N–H and O–H groups in total. The molecule has 160 valence electrons. The predicted octanol–water partition coefficient (Wildman–Crippen LogP) is 4.36. The number of benzene rings is 1. The quantitative estimate of drug-likeness (QED) is 0.743. The van der Waals surface area contributed by atoms with Gasteiger partial charge >= 0.3 is 6.18 Å². The summed E-state index contributed by atoms with van der Waals surface area (Å²) in [6.07, 6.45) is 0.160. The number of nitrogens with zero attached hydrogens (tertiary/aromatic N) is 4. The standard InChI is InChI=1S/C22H25F3N4O/c1-16-3-5-17(6-4-16)14-29-20(30)7-9-21(29)8-2-11-28(12-10-21)19-13-18(22(23,24)25)26-15-27-19/h3-6,13,15H,2,7-12,14H2,1H3/t21-/m0/s1. The predicted molar refractivity (Wildman–Crippen MR) is 107 cm³/mol. The van der Waals surface area contributed by atoms with E-state index >= 15 is 0 Å². The van der Waals surface area contributed by atoms with E-state index in [0.717, 1.165) is 43.6 Å². The van der Waals surface area contributed by atoms with Crippen molar-refractivity contribution in [3.8, 4) is 0 Å². The second-order valence-corrected chi connectivity index (χ2v) is 8.29. The molecular formula is C22H25F3N4O. The molecule has 0 radical (unpaired) electrons. The fourth-order valence-electron chi connectivity index (χ4n) is 4.61. The van der Waals surface area contributed by atoms with Crippen molar-refractivity contribution in [3.05, 3.63) is 53.5 Å². The van der Waals surface area contributed by atoms with E-state index in [1.807, 2.05) is 28.9 Å². The molecule has 1 aromatic heterocycles. The van der Waals surface area contributed by atoms with Gasteiger partial charge in [-0.25, -0.2) is 9.97 Å². The average Bonchev–Trinajstić information content (AvgIpc) is 2.89. The Labute approximate surface area is 173 Å². The lowest BCUT2D eigenvalue weighted by Gasteiger charge is -2.38. The van der Waals surface area contributed by atoms with Gasteiger partial charge < -0.3 is 9.80 Å². The maximum atomic E-state index is 13.0. The normalized spacial score (nSPS) is 22.6. The van der Waals surface area contributed by atoms with E-state index in [2.05, 4.69) is 22.1 Å². The molecule has 2 aromatic rings. The summed E-state index contributed by atoms with van der Waals surface area (Å²) in [4.78, 5) is 24.0. The third kappa shape index (κ3) is 4.13. The lowest BCUT2D eigenvalue weighted by atomic mass is 9.87. The maximum absolute atomic E-state index is 13.0. The Morgan fingerprint density at radius 3 is 2.57 bits per heavy atom. The zero-order chi connectivity index (χ0) is 21.4. The number of hydrogen-bond acceptors (Lipinski definition) is 4. The topological polar surface area (TPSA) is 49.3 Å². The second kappa shape index (κ2) is 7.89. The van der Waals surface area contributed by atoms with Crippen LogP contribution in [0.15, 0.2) is 36.7 Å². The summed E-state index contributed by atoms with van der Waals surface area (Å²) in [5.74, 6) is 0.453. The Morgan fingerprint density at radius 1 is 1.07 bits per heavy atom. The number of rotatable bonds is 3. The number of halogens is 3. The van der Waals surface area contributed by atoms with Gasteiger partial charge in [-0.3, -0.25) is 4.79 Å². The van der Waals surface area contributed by atoms with Gasteiger partial charge in [0.2, 0.25) is 5.91 Å². The van der Waals surface area contributed by atoms with Gasteiger partial charge in [-0.1, -0.05) is 29.8 Å². The Hall–Kier alpha value is -2.64. The van der Waals surface area contributed by atoms with Gasteiger partial charge in [0, 0.05) is 37.7 Å². The summed E-state index contributed by atoms with van der Waals surface area (Å²) in [6.45, 7) is 3.78. The molecule has 1 spiro atoms. The van der Waals surface area contributed by atoms with Gasteiger partial charge in [0.1, 0.15) is 17.8 Å². The van der Waals surface area contributed by atoms with Crippen LogP contribution >= 0.6 is 0 Å². The van der Waals surface area contributed by atoms with Crippen molar-refractivity contribution < 1.29 is 18.0 Å². The highest BCUT2D eigenvalue weighted by atomic mass is 19.4. The minimum Gasteiger partial charge on any atom is -0.356 e. The van der Waals surface area contributed by atoms with E-state index in [1.54, 1.807) is 0 Å². The van der Waals surface area contributed by atoms with Crippen molar-refractivity contribution in [2.75, 3.05) is 18.0 Å². The largest absolute Gasteiger partial charge is 0.433 e. The highest BCUT2D eigenvalue weighted by molar-refractivity contribution is 5.79. The molecule has 30 heavy (non-hydrogen) atoms. The number of carbonyl (C=O) groups excluding carboxylic acids is 1. The first-order chi connectivity index (χ1) is 14.3. The van der Waals surface area contributed by atoms with Crippen LogP contribution in [0.2, 0.25) is 0 Å². The first-order valence-electron chi connectivity index (χ1n) is 10.3. The van der Waals surface area contributed by atoms with Gasteiger partial charge in [-0.2, -0.15) is 13.2 Å². The molecule has 1 aromatic carbocycles. The van der Waals surface area contributed by atoms with E-state index < -0.39 is 11.9 Å². The molecule has 0 unspecified atom stereocenters. The molecule has 2 saturated heterocycles. The first-order valence-corrected chi connectivity index (χ1v) is 10.3. The van der Waals surface area contributed by atoms with Crippen LogP contribution in [-0.4, -0.2) is 39.4 Å². The third-order valence-electron chi connectivity index (χ3n) is 6.32. The highest BCUT2D eigenvalue weighted by Gasteiger charge is 2.45. The van der Waals surface area contributed by atoms with Gasteiger partial charge in [0.25, 0.3) is 0 Å². The molecule has 0 bridgehead atoms. The number of aromatic nitrogens is 2. The summed E-state index contributed by atoms with van der Waals surface area (Å²) in [5, 5.41) is 0. The van der Waals surface area contributed by atoms with Gasteiger partial charge in [-0.05, 0) is 38.2 Å². The average molecular weight is 418 g/mol. The zero-order valence-corrected chi connectivity index (χ0v) is 17.0. The number of anilines is 1. The smallest absolute Gasteiger partial charge is 0.356 e. The Morgan fingerprint density at radius 2 is 1.83 bits per heavy atom. The van der Waals surface area contributed by atoms with E-state index in [9.17, 15) is 18.0 Å². The number of carbonyl (C=O) groups is 1. The van der Waals surface area contributed by atoms with Crippen molar-refractivity contribution >= 4 is 11.7 Å². The lowest BCUT2D eigenvalue weighted by molar-refractivity contribution is -0.141. The number of amides is 1. The molecule has 2 aliphatic rings. The Balaban J connectivity index is 1.52. The monoisotopic (exact) mass is 418 g/mol. The van der Waals surface area contributed by atoms with Crippen molar-refractivity contribution in [2.45, 2.75) is 57.3 Å². The molecule has 2 fully saturated rings. The molecule has 2 aliphatic heterocycles. The summed E-state index contributed by atoms with van der Waals surface area (Å²) in [7, 11) is 0. The van der Waals surface area contributed by atoms with E-state index in [0.29, 0.717) is 31.9 Å². The van der Waals surface area contributed by atoms with Crippen molar-refractivity contribution in [2.24, 2.45) is 0 Å². The number of aryl methyl sites for hydroxylation is 1.